The van der Waals surface area contributed by atoms with Crippen LogP contribution in [0, 0.1) is 20.8 Å². The lowest BCUT2D eigenvalue weighted by molar-refractivity contribution is 0.288. The molecule has 68 valence electrons. The minimum Gasteiger partial charge on any atom is -0.492 e. The number of hydrogen-bond donors (Lipinski definition) is 0. The molecule has 1 aromatic carbocycles. The summed E-state index contributed by atoms with van der Waals surface area (Å²) in [7, 11) is 0. The Kier molecular flexibility index (Phi) is 4.03. The molecule has 0 bridgehead atoms. The summed E-state index contributed by atoms with van der Waals surface area (Å²) in [6, 6.07) is 9.91. The highest BCUT2D eigenvalue weighted by Gasteiger charge is 2.00. The molecule has 0 aliphatic heterocycles. The molecule has 0 heterocycles. The Labute approximate surface area is 91.7 Å². The van der Waals surface area contributed by atoms with E-state index in [0.717, 1.165) is 9.32 Å². The van der Waals surface area contributed by atoms with Crippen LogP contribution in [-0.4, -0.2) is 6.61 Å². The van der Waals surface area contributed by atoms with E-state index in [4.69, 9.17) is 10.00 Å². The fourth-order valence-corrected chi connectivity index (χ4v) is 1.33. The quantitative estimate of drug-likeness (QED) is 0.801. The first-order chi connectivity index (χ1) is 6.22. The third-order valence-electron chi connectivity index (χ3n) is 1.52. The summed E-state index contributed by atoms with van der Waals surface area (Å²) in [5, 5.41) is 8.54. The van der Waals surface area contributed by atoms with E-state index < -0.39 is 0 Å². The van der Waals surface area contributed by atoms with E-state index in [-0.39, 0.29) is 5.92 Å². The van der Waals surface area contributed by atoms with E-state index in [1.165, 1.54) is 0 Å². The molecule has 0 N–H and O–H groups in total. The highest BCUT2D eigenvalue weighted by Crippen LogP contribution is 2.15. The third-order valence-corrected chi connectivity index (χ3v) is 2.19. The van der Waals surface area contributed by atoms with Gasteiger partial charge in [0, 0.05) is 3.57 Å². The number of nitriles is 1. The Morgan fingerprint density at radius 1 is 1.62 bits per heavy atom. The van der Waals surface area contributed by atoms with Gasteiger partial charge in [-0.2, -0.15) is 5.26 Å². The van der Waals surface area contributed by atoms with Crippen LogP contribution in [0.1, 0.15) is 6.92 Å². The number of benzene rings is 1. The molecule has 13 heavy (non-hydrogen) atoms. The predicted octanol–water partition coefficient (Wildman–Crippen LogP) is 2.83. The van der Waals surface area contributed by atoms with E-state index in [0.29, 0.717) is 6.61 Å². The second-order valence-electron chi connectivity index (χ2n) is 2.80. The molecule has 0 aliphatic carbocycles. The van der Waals surface area contributed by atoms with Gasteiger partial charge >= 0.3 is 0 Å². The van der Waals surface area contributed by atoms with Crippen molar-refractivity contribution in [1.29, 1.82) is 5.26 Å². The standard InChI is InChI=1S/C10H10INO/c1-8(6-12)7-13-10-4-2-3-9(11)5-10/h2-5,8H,7H2,1H3. The third kappa shape index (κ3) is 3.64. The smallest absolute Gasteiger partial charge is 0.120 e. The molecule has 1 atom stereocenters. The van der Waals surface area contributed by atoms with Crippen LogP contribution in [0.2, 0.25) is 0 Å². The first kappa shape index (κ1) is 10.3. The monoisotopic (exact) mass is 287 g/mol. The zero-order valence-corrected chi connectivity index (χ0v) is 9.48. The maximum Gasteiger partial charge on any atom is 0.120 e. The molecule has 3 heteroatoms. The van der Waals surface area contributed by atoms with Crippen LogP contribution in [0.25, 0.3) is 0 Å². The molecule has 2 nitrogen and oxygen atoms in total. The van der Waals surface area contributed by atoms with Gasteiger partial charge in [0.2, 0.25) is 0 Å². The fourth-order valence-electron chi connectivity index (χ4n) is 0.815. The Bertz CT molecular complexity index is 319. The van der Waals surface area contributed by atoms with Gasteiger partial charge in [0.25, 0.3) is 0 Å². The molecule has 0 radical (unpaired) electrons. The van der Waals surface area contributed by atoms with E-state index in [1.807, 2.05) is 31.2 Å². The van der Waals surface area contributed by atoms with Gasteiger partial charge in [0.1, 0.15) is 12.4 Å². The van der Waals surface area contributed by atoms with Crippen LogP contribution in [0.5, 0.6) is 5.75 Å². The fraction of sp³-hybridized carbons (Fsp3) is 0.300. The Hall–Kier alpha value is -0.760. The van der Waals surface area contributed by atoms with Crippen molar-refractivity contribution in [2.75, 3.05) is 6.61 Å². The summed E-state index contributed by atoms with van der Waals surface area (Å²) >= 11 is 2.23. The molecule has 0 aromatic heterocycles. The largest absolute Gasteiger partial charge is 0.492 e. The average molecular weight is 287 g/mol. The van der Waals surface area contributed by atoms with Crippen LogP contribution in [-0.2, 0) is 0 Å². The van der Waals surface area contributed by atoms with Gasteiger partial charge in [-0.3, -0.25) is 0 Å². The van der Waals surface area contributed by atoms with Crippen LogP contribution in [0.3, 0.4) is 0 Å². The average Bonchev–Trinajstić information content (AvgIpc) is 2.14. The highest BCUT2D eigenvalue weighted by atomic mass is 127. The summed E-state index contributed by atoms with van der Waals surface area (Å²) in [5.74, 6) is 0.770. The molecule has 0 spiro atoms. The molecular formula is C10H10INO. The van der Waals surface area contributed by atoms with Crippen LogP contribution in [0.15, 0.2) is 24.3 Å². The van der Waals surface area contributed by atoms with Crippen molar-refractivity contribution in [2.24, 2.45) is 5.92 Å². The Balaban J connectivity index is 2.51. The number of halogens is 1. The molecule has 1 unspecified atom stereocenters. The Morgan fingerprint density at radius 3 is 3.00 bits per heavy atom. The minimum atomic E-state index is -0.0575. The summed E-state index contributed by atoms with van der Waals surface area (Å²) in [6.07, 6.45) is 0. The van der Waals surface area contributed by atoms with E-state index in [1.54, 1.807) is 0 Å². The molecular weight excluding hydrogens is 277 g/mol. The summed E-state index contributed by atoms with van der Waals surface area (Å²) in [6.45, 7) is 2.30. The van der Waals surface area contributed by atoms with E-state index >= 15 is 0 Å². The first-order valence-electron chi connectivity index (χ1n) is 4.00. The van der Waals surface area contributed by atoms with Gasteiger partial charge in [-0.05, 0) is 47.7 Å². The lowest BCUT2D eigenvalue weighted by atomic mass is 10.2. The second-order valence-corrected chi connectivity index (χ2v) is 4.04. The normalized spacial score (nSPS) is 11.8. The topological polar surface area (TPSA) is 33.0 Å². The maximum absolute atomic E-state index is 8.54. The van der Waals surface area contributed by atoms with Crippen LogP contribution >= 0.6 is 22.6 Å². The number of rotatable bonds is 3. The van der Waals surface area contributed by atoms with Crippen molar-refractivity contribution in [1.82, 2.24) is 0 Å². The molecule has 0 amide bonds. The molecule has 0 aliphatic rings. The van der Waals surface area contributed by atoms with E-state index in [9.17, 15) is 0 Å². The maximum atomic E-state index is 8.54. The zero-order chi connectivity index (χ0) is 9.68. The molecule has 0 saturated carbocycles. The zero-order valence-electron chi connectivity index (χ0n) is 7.33. The van der Waals surface area contributed by atoms with Gasteiger partial charge in [-0.15, -0.1) is 0 Å². The molecule has 0 saturated heterocycles. The number of hydrogen-bond acceptors (Lipinski definition) is 2. The SMILES string of the molecule is CC(C#N)COc1cccc(I)c1. The van der Waals surface area contributed by atoms with Crippen LogP contribution in [0.4, 0.5) is 0 Å². The molecule has 1 aromatic rings. The van der Waals surface area contributed by atoms with Gasteiger partial charge < -0.3 is 4.74 Å². The van der Waals surface area contributed by atoms with Crippen molar-refractivity contribution in [2.45, 2.75) is 6.92 Å². The number of nitrogens with zero attached hydrogens (tertiary/aromatic N) is 1. The predicted molar refractivity (Wildman–Crippen MR) is 59.4 cm³/mol. The van der Waals surface area contributed by atoms with Crippen LogP contribution < -0.4 is 4.74 Å². The van der Waals surface area contributed by atoms with Crippen molar-refractivity contribution in [3.8, 4) is 11.8 Å². The van der Waals surface area contributed by atoms with Crippen molar-refractivity contribution in [3.63, 3.8) is 0 Å². The Morgan fingerprint density at radius 2 is 2.38 bits per heavy atom. The molecule has 0 fully saturated rings. The van der Waals surface area contributed by atoms with Gasteiger partial charge in [-0.25, -0.2) is 0 Å². The number of ether oxygens (including phenoxy) is 1. The lowest BCUT2D eigenvalue weighted by Gasteiger charge is -2.06. The summed E-state index contributed by atoms with van der Waals surface area (Å²) < 4.78 is 6.55. The van der Waals surface area contributed by atoms with Crippen molar-refractivity contribution in [3.05, 3.63) is 27.8 Å². The molecule has 1 rings (SSSR count). The van der Waals surface area contributed by atoms with Gasteiger partial charge in [0.05, 0.1) is 12.0 Å². The summed E-state index contributed by atoms with van der Waals surface area (Å²) in [4.78, 5) is 0. The minimum absolute atomic E-state index is 0.0575. The van der Waals surface area contributed by atoms with Crippen molar-refractivity contribution < 1.29 is 4.74 Å². The summed E-state index contributed by atoms with van der Waals surface area (Å²) in [5.41, 5.74) is 0. The highest BCUT2D eigenvalue weighted by molar-refractivity contribution is 14.1. The van der Waals surface area contributed by atoms with Gasteiger partial charge in [-0.1, -0.05) is 6.07 Å². The second kappa shape index (κ2) is 5.07. The van der Waals surface area contributed by atoms with Gasteiger partial charge in [0.15, 0.2) is 0 Å². The van der Waals surface area contributed by atoms with E-state index in [2.05, 4.69) is 28.7 Å². The lowest BCUT2D eigenvalue weighted by Crippen LogP contribution is -2.05. The first-order valence-corrected chi connectivity index (χ1v) is 5.08. The van der Waals surface area contributed by atoms with Crippen molar-refractivity contribution >= 4 is 22.6 Å².